The van der Waals surface area contributed by atoms with Gasteiger partial charge in [0.1, 0.15) is 11.6 Å². The summed E-state index contributed by atoms with van der Waals surface area (Å²) in [5.41, 5.74) is 1.09. The van der Waals surface area contributed by atoms with Crippen LogP contribution in [0.3, 0.4) is 0 Å². The van der Waals surface area contributed by atoms with Gasteiger partial charge in [-0.15, -0.1) is 0 Å². The first-order valence-electron chi connectivity index (χ1n) is 13.7. The molecule has 0 bridgehead atoms. The number of fused-ring (bicyclic) bond motifs is 2. The number of esters is 1. The molecule has 11 heteroatoms. The van der Waals surface area contributed by atoms with Crippen molar-refractivity contribution in [3.63, 3.8) is 0 Å². The number of hydrogen-bond acceptors (Lipinski definition) is 6. The number of anilines is 2. The summed E-state index contributed by atoms with van der Waals surface area (Å²) in [5.74, 6) is -1.40. The van der Waals surface area contributed by atoms with Crippen molar-refractivity contribution in [2.45, 2.75) is 51.1 Å². The number of hydrogen-bond donors (Lipinski definition) is 3. The number of methoxy groups -OCH3 is 2. The van der Waals surface area contributed by atoms with Crippen LogP contribution in [-0.2, 0) is 19.7 Å². The first-order chi connectivity index (χ1) is 20.3. The lowest BCUT2D eigenvalue weighted by Crippen LogP contribution is -2.48. The number of carbonyl (C=O) groups is 3. The molecule has 3 aromatic rings. The maximum atomic E-state index is 15.5. The van der Waals surface area contributed by atoms with Gasteiger partial charge in [0, 0.05) is 27.9 Å². The Balaban J connectivity index is 1.59. The van der Waals surface area contributed by atoms with Gasteiger partial charge in [-0.25, -0.2) is 9.18 Å². The molecule has 1 fully saturated rings. The van der Waals surface area contributed by atoms with Crippen LogP contribution < -0.4 is 20.7 Å². The van der Waals surface area contributed by atoms with Crippen LogP contribution in [0.15, 0.2) is 53.0 Å². The fourth-order valence-corrected chi connectivity index (χ4v) is 6.75. The van der Waals surface area contributed by atoms with Crippen LogP contribution in [-0.4, -0.2) is 44.1 Å². The smallest absolute Gasteiger partial charge is 0.337 e. The second kappa shape index (κ2) is 11.6. The van der Waals surface area contributed by atoms with Crippen molar-refractivity contribution in [2.24, 2.45) is 5.41 Å². The zero-order chi connectivity index (χ0) is 31.3. The molecule has 2 aliphatic heterocycles. The van der Waals surface area contributed by atoms with E-state index >= 15 is 4.39 Å². The number of ether oxygens (including phenoxy) is 2. The molecule has 3 aromatic carbocycles. The summed E-state index contributed by atoms with van der Waals surface area (Å²) < 4.78 is 26.0. The van der Waals surface area contributed by atoms with Gasteiger partial charge in [-0.2, -0.15) is 0 Å². The summed E-state index contributed by atoms with van der Waals surface area (Å²) in [6.07, 6.45) is 0.662. The van der Waals surface area contributed by atoms with Gasteiger partial charge >= 0.3 is 5.97 Å². The molecule has 2 amide bonds. The number of halogens is 3. The summed E-state index contributed by atoms with van der Waals surface area (Å²) in [5, 5.41) is 9.67. The molecule has 2 heterocycles. The highest BCUT2D eigenvalue weighted by Gasteiger charge is 2.60. The van der Waals surface area contributed by atoms with Gasteiger partial charge in [0.05, 0.1) is 41.4 Å². The van der Waals surface area contributed by atoms with Crippen LogP contribution >= 0.6 is 27.5 Å². The summed E-state index contributed by atoms with van der Waals surface area (Å²) in [7, 11) is 2.71. The van der Waals surface area contributed by atoms with Crippen LogP contribution in [0.1, 0.15) is 49.5 Å². The highest BCUT2D eigenvalue weighted by atomic mass is 79.9. The Morgan fingerprint density at radius 3 is 2.56 bits per heavy atom. The SMILES string of the molecule is COC(=O)c1ccc(NC(=O)[C@H]2C[C@]3(C(=O)Nc4cc(Cl)cc(-c5cccc(Br)c5F)c43)[C@H](CC(C)(C)C)N2)c(OC)c1. The molecule has 43 heavy (non-hydrogen) atoms. The molecular formula is C32H32BrClFN3O5. The zero-order valence-corrected chi connectivity index (χ0v) is 26.7. The van der Waals surface area contributed by atoms with Gasteiger partial charge in [0.2, 0.25) is 11.8 Å². The molecule has 0 aromatic heterocycles. The quantitative estimate of drug-likeness (QED) is 0.252. The van der Waals surface area contributed by atoms with E-state index in [9.17, 15) is 14.4 Å². The van der Waals surface area contributed by atoms with E-state index in [1.54, 1.807) is 36.4 Å². The number of amides is 2. The monoisotopic (exact) mass is 671 g/mol. The number of nitrogens with one attached hydrogen (secondary N) is 3. The third kappa shape index (κ3) is 5.63. The first-order valence-corrected chi connectivity index (χ1v) is 14.9. The molecule has 5 rings (SSSR count). The molecule has 3 atom stereocenters. The van der Waals surface area contributed by atoms with E-state index in [0.717, 1.165) is 0 Å². The Morgan fingerprint density at radius 2 is 1.88 bits per heavy atom. The van der Waals surface area contributed by atoms with Gasteiger partial charge in [0.15, 0.2) is 0 Å². The average Bonchev–Trinajstić information content (AvgIpc) is 3.45. The molecule has 226 valence electrons. The Bertz CT molecular complexity index is 1640. The van der Waals surface area contributed by atoms with Crippen molar-refractivity contribution in [2.75, 3.05) is 24.9 Å². The van der Waals surface area contributed by atoms with Crippen LogP contribution in [0.25, 0.3) is 11.1 Å². The van der Waals surface area contributed by atoms with Crippen LogP contribution in [0.2, 0.25) is 5.02 Å². The van der Waals surface area contributed by atoms with E-state index in [-0.39, 0.29) is 39.4 Å². The summed E-state index contributed by atoms with van der Waals surface area (Å²) in [4.78, 5) is 39.9. The van der Waals surface area contributed by atoms with E-state index in [1.807, 2.05) is 0 Å². The molecule has 0 saturated carbocycles. The second-order valence-electron chi connectivity index (χ2n) is 12.0. The first kappa shape index (κ1) is 31.0. The van der Waals surface area contributed by atoms with Crippen molar-refractivity contribution in [1.82, 2.24) is 5.32 Å². The fraction of sp³-hybridized carbons (Fsp3) is 0.344. The van der Waals surface area contributed by atoms with Gasteiger partial charge < -0.3 is 25.4 Å². The van der Waals surface area contributed by atoms with Gasteiger partial charge in [-0.05, 0) is 76.1 Å². The molecule has 0 unspecified atom stereocenters. The largest absolute Gasteiger partial charge is 0.495 e. The summed E-state index contributed by atoms with van der Waals surface area (Å²) in [6, 6.07) is 11.6. The topological polar surface area (TPSA) is 106 Å². The van der Waals surface area contributed by atoms with Crippen LogP contribution in [0, 0.1) is 11.2 Å². The maximum absolute atomic E-state index is 15.5. The van der Waals surface area contributed by atoms with Crippen molar-refractivity contribution >= 4 is 56.7 Å². The third-order valence-corrected chi connectivity index (χ3v) is 8.81. The fourth-order valence-electron chi connectivity index (χ4n) is 6.17. The normalized spacial score (nSPS) is 21.0. The van der Waals surface area contributed by atoms with E-state index in [0.29, 0.717) is 39.5 Å². The van der Waals surface area contributed by atoms with Crippen molar-refractivity contribution in [3.05, 3.63) is 75.0 Å². The standard InChI is InChI=1S/C32H32BrClFN3O5/c1-31(2,3)15-25-32(14-23(36-25)28(39)37-21-10-9-16(29(40)43-5)11-24(21)42-4)26-19(18-7-6-8-20(33)27(18)35)12-17(34)13-22(26)38-30(32)41/h6-13,23,25,36H,14-15H2,1-5H3,(H,37,39)(H,38,41)/t23-,25+,32+/m1/s1. The Morgan fingerprint density at radius 1 is 1.14 bits per heavy atom. The lowest BCUT2D eigenvalue weighted by Gasteiger charge is -2.34. The minimum atomic E-state index is -1.20. The third-order valence-electron chi connectivity index (χ3n) is 7.98. The second-order valence-corrected chi connectivity index (χ2v) is 13.3. The number of carbonyl (C=O) groups excluding carboxylic acids is 3. The van der Waals surface area contributed by atoms with Crippen LogP contribution in [0.5, 0.6) is 5.75 Å². The Kier molecular flexibility index (Phi) is 8.32. The van der Waals surface area contributed by atoms with E-state index < -0.39 is 29.3 Å². The molecule has 0 aliphatic carbocycles. The summed E-state index contributed by atoms with van der Waals surface area (Å²) >= 11 is 9.77. The maximum Gasteiger partial charge on any atom is 0.337 e. The minimum absolute atomic E-state index is 0.116. The van der Waals surface area contributed by atoms with E-state index in [4.69, 9.17) is 21.1 Å². The van der Waals surface area contributed by atoms with Gasteiger partial charge in [-0.3, -0.25) is 9.59 Å². The molecule has 3 N–H and O–H groups in total. The zero-order valence-electron chi connectivity index (χ0n) is 24.4. The van der Waals surface area contributed by atoms with Gasteiger partial charge in [-0.1, -0.05) is 44.5 Å². The lowest BCUT2D eigenvalue weighted by atomic mass is 9.68. The Hall–Kier alpha value is -3.47. The minimum Gasteiger partial charge on any atom is -0.495 e. The molecular weight excluding hydrogens is 641 g/mol. The lowest BCUT2D eigenvalue weighted by molar-refractivity contribution is -0.121. The number of benzene rings is 3. The van der Waals surface area contributed by atoms with Crippen LogP contribution in [0.4, 0.5) is 15.8 Å². The van der Waals surface area contributed by atoms with E-state index in [2.05, 4.69) is 52.7 Å². The average molecular weight is 673 g/mol. The van der Waals surface area contributed by atoms with Crippen molar-refractivity contribution in [1.29, 1.82) is 0 Å². The molecule has 2 aliphatic rings. The predicted molar refractivity (Wildman–Crippen MR) is 167 cm³/mol. The highest BCUT2D eigenvalue weighted by molar-refractivity contribution is 9.10. The highest BCUT2D eigenvalue weighted by Crippen LogP contribution is 2.54. The van der Waals surface area contributed by atoms with Crippen molar-refractivity contribution in [3.8, 4) is 16.9 Å². The Labute approximate surface area is 262 Å². The molecule has 8 nitrogen and oxygen atoms in total. The molecule has 1 saturated heterocycles. The van der Waals surface area contributed by atoms with E-state index in [1.165, 1.54) is 26.4 Å². The van der Waals surface area contributed by atoms with Crippen molar-refractivity contribution < 1.29 is 28.2 Å². The van der Waals surface area contributed by atoms with Gasteiger partial charge in [0.25, 0.3) is 0 Å². The molecule has 0 radical (unpaired) electrons. The molecule has 1 spiro atoms. The predicted octanol–water partition coefficient (Wildman–Crippen LogP) is 6.70. The summed E-state index contributed by atoms with van der Waals surface area (Å²) in [6.45, 7) is 6.19. The number of rotatable bonds is 6.